The fourth-order valence-corrected chi connectivity index (χ4v) is 4.03. The smallest absolute Gasteiger partial charge is 0.273 e. The molecule has 1 atom stereocenters. The van der Waals surface area contributed by atoms with Crippen LogP contribution in [0.15, 0.2) is 65.8 Å². The number of anilines is 2. The van der Waals surface area contributed by atoms with Crippen molar-refractivity contribution in [1.82, 2.24) is 20.0 Å². The Hall–Kier alpha value is -4.53. The second-order valence-electron chi connectivity index (χ2n) is 8.23. The van der Waals surface area contributed by atoms with E-state index in [0.717, 1.165) is 28.1 Å². The molecule has 34 heavy (non-hydrogen) atoms. The number of fused-ring (bicyclic) bond motifs is 1. The summed E-state index contributed by atoms with van der Waals surface area (Å²) < 4.78 is 1.57. The normalized spacial score (nSPS) is 14.9. The zero-order valence-electron chi connectivity index (χ0n) is 18.7. The minimum Gasteiger partial charge on any atom is -0.325 e. The number of hydrogen-bond donors (Lipinski definition) is 3. The molecule has 2 aromatic heterocycles. The van der Waals surface area contributed by atoms with E-state index < -0.39 is 5.92 Å². The van der Waals surface area contributed by atoms with Gasteiger partial charge in [0.25, 0.3) is 5.91 Å². The first kappa shape index (κ1) is 21.3. The third-order valence-corrected chi connectivity index (χ3v) is 5.69. The monoisotopic (exact) mass is 453 g/mol. The summed E-state index contributed by atoms with van der Waals surface area (Å²) in [7, 11) is 1.75. The lowest BCUT2D eigenvalue weighted by Crippen LogP contribution is -2.16. The number of aliphatic imine (C=N–C) groups is 1. The highest BCUT2D eigenvalue weighted by molar-refractivity contribution is 6.12. The molecule has 0 fully saturated rings. The topological polar surface area (TPSA) is 117 Å². The molecule has 3 N–H and O–H groups in total. The van der Waals surface area contributed by atoms with Gasteiger partial charge in [-0.3, -0.25) is 19.4 Å². The Balaban J connectivity index is 1.28. The van der Waals surface area contributed by atoms with Crippen LogP contribution < -0.4 is 10.6 Å². The Morgan fingerprint density at radius 3 is 2.65 bits per heavy atom. The predicted octanol–water partition coefficient (Wildman–Crippen LogP) is 3.73. The number of nitrogens with zero attached hydrogens (tertiary/aromatic N) is 4. The first-order chi connectivity index (χ1) is 16.5. The maximum Gasteiger partial charge on any atom is 0.273 e. The largest absolute Gasteiger partial charge is 0.325 e. The predicted molar refractivity (Wildman–Crippen MR) is 130 cm³/mol. The van der Waals surface area contributed by atoms with E-state index >= 15 is 0 Å². The summed E-state index contributed by atoms with van der Waals surface area (Å²) in [6, 6.07) is 17.2. The highest BCUT2D eigenvalue weighted by Gasteiger charge is 2.29. The van der Waals surface area contributed by atoms with E-state index in [1.165, 1.54) is 0 Å². The molecule has 0 radical (unpaired) electrons. The molecule has 170 valence electrons. The molecule has 2 aromatic carbocycles. The molecule has 2 amide bonds. The third kappa shape index (κ3) is 4.36. The minimum absolute atomic E-state index is 0.0980. The SMILES string of the molecule is Cc1cc(C(=O)Nc2ccc(Cc3ccc4c(c3)C(C=Nc3ccn[nH]3)C(=O)N4)cc2)n(C)n1. The molecule has 5 rings (SSSR count). The number of carbonyl (C=O) groups is 2. The van der Waals surface area contributed by atoms with Crippen LogP contribution in [-0.2, 0) is 18.3 Å². The molecule has 0 saturated heterocycles. The van der Waals surface area contributed by atoms with Crippen molar-refractivity contribution in [3.63, 3.8) is 0 Å². The average Bonchev–Trinajstić information content (AvgIpc) is 3.52. The summed E-state index contributed by atoms with van der Waals surface area (Å²) in [5, 5.41) is 16.7. The van der Waals surface area contributed by atoms with Crippen LogP contribution in [0, 0.1) is 6.92 Å². The molecule has 0 bridgehead atoms. The van der Waals surface area contributed by atoms with E-state index in [1.54, 1.807) is 36.3 Å². The van der Waals surface area contributed by atoms with Gasteiger partial charge >= 0.3 is 0 Å². The van der Waals surface area contributed by atoms with Gasteiger partial charge in [0, 0.05) is 30.7 Å². The minimum atomic E-state index is -0.452. The van der Waals surface area contributed by atoms with Gasteiger partial charge in [-0.15, -0.1) is 0 Å². The Bertz CT molecular complexity index is 1390. The lowest BCUT2D eigenvalue weighted by molar-refractivity contribution is -0.115. The number of rotatable bonds is 6. The summed E-state index contributed by atoms with van der Waals surface area (Å²) in [5.74, 6) is -0.150. The first-order valence-electron chi connectivity index (χ1n) is 10.8. The van der Waals surface area contributed by atoms with Crippen molar-refractivity contribution in [2.24, 2.45) is 12.0 Å². The molecule has 1 unspecified atom stereocenters. The van der Waals surface area contributed by atoms with Gasteiger partial charge in [0.15, 0.2) is 0 Å². The van der Waals surface area contributed by atoms with Crippen LogP contribution >= 0.6 is 0 Å². The van der Waals surface area contributed by atoms with E-state index in [0.29, 0.717) is 23.6 Å². The van der Waals surface area contributed by atoms with Gasteiger partial charge in [0.1, 0.15) is 17.4 Å². The standard InChI is InChI=1S/C25H23N7O2/c1-15-11-22(32(2)31-15)25(34)28-18-6-3-16(4-7-18)12-17-5-8-21-19(13-17)20(24(33)29-21)14-26-23-9-10-27-30-23/h3-11,13-14,20H,12H2,1-2H3,(H,27,30)(H,28,34)(H,29,33). The van der Waals surface area contributed by atoms with Crippen LogP contribution in [0.2, 0.25) is 0 Å². The summed E-state index contributed by atoms with van der Waals surface area (Å²) in [5.41, 5.74) is 5.90. The molecular formula is C25H23N7O2. The number of aryl methyl sites for hydroxylation is 2. The van der Waals surface area contributed by atoms with Gasteiger partial charge in [0.05, 0.1) is 11.9 Å². The Morgan fingerprint density at radius 1 is 1.15 bits per heavy atom. The van der Waals surface area contributed by atoms with Crippen molar-refractivity contribution in [2.75, 3.05) is 10.6 Å². The van der Waals surface area contributed by atoms with E-state index in [4.69, 9.17) is 0 Å². The fraction of sp³-hybridized carbons (Fsp3) is 0.160. The van der Waals surface area contributed by atoms with E-state index in [9.17, 15) is 9.59 Å². The van der Waals surface area contributed by atoms with Gasteiger partial charge in [-0.2, -0.15) is 10.2 Å². The summed E-state index contributed by atoms with van der Waals surface area (Å²) in [6.07, 6.45) is 3.95. The highest BCUT2D eigenvalue weighted by Crippen LogP contribution is 2.33. The first-order valence-corrected chi connectivity index (χ1v) is 10.8. The molecule has 4 aromatic rings. The number of benzene rings is 2. The highest BCUT2D eigenvalue weighted by atomic mass is 16.2. The number of aromatic amines is 1. The Labute approximate surface area is 195 Å². The van der Waals surface area contributed by atoms with Gasteiger partial charge in [-0.25, -0.2) is 4.99 Å². The average molecular weight is 454 g/mol. The van der Waals surface area contributed by atoms with Crippen LogP contribution in [-0.4, -0.2) is 38.0 Å². The number of H-pyrrole nitrogens is 1. The van der Waals surface area contributed by atoms with Crippen LogP contribution in [0.5, 0.6) is 0 Å². The van der Waals surface area contributed by atoms with Crippen molar-refractivity contribution in [2.45, 2.75) is 19.3 Å². The van der Waals surface area contributed by atoms with Gasteiger partial charge in [0.2, 0.25) is 5.91 Å². The van der Waals surface area contributed by atoms with Gasteiger partial charge in [-0.1, -0.05) is 24.3 Å². The Kier molecular flexibility index (Phi) is 5.51. The molecular weight excluding hydrogens is 430 g/mol. The number of amides is 2. The van der Waals surface area contributed by atoms with Crippen molar-refractivity contribution in [1.29, 1.82) is 0 Å². The second-order valence-corrected chi connectivity index (χ2v) is 8.23. The Morgan fingerprint density at radius 2 is 1.94 bits per heavy atom. The van der Waals surface area contributed by atoms with Crippen LogP contribution in [0.3, 0.4) is 0 Å². The van der Waals surface area contributed by atoms with Crippen LogP contribution in [0.1, 0.15) is 38.8 Å². The number of nitrogens with one attached hydrogen (secondary N) is 3. The quantitative estimate of drug-likeness (QED) is 0.386. The van der Waals surface area contributed by atoms with Crippen LogP contribution in [0.4, 0.5) is 17.2 Å². The van der Waals surface area contributed by atoms with Gasteiger partial charge in [-0.05, 0) is 54.3 Å². The van der Waals surface area contributed by atoms with Crippen LogP contribution in [0.25, 0.3) is 0 Å². The molecule has 9 nitrogen and oxygen atoms in total. The number of hydrogen-bond acceptors (Lipinski definition) is 5. The number of aromatic nitrogens is 4. The van der Waals surface area contributed by atoms with Crippen molar-refractivity contribution in [3.8, 4) is 0 Å². The van der Waals surface area contributed by atoms with Gasteiger partial charge < -0.3 is 10.6 Å². The summed E-state index contributed by atoms with van der Waals surface area (Å²) >= 11 is 0. The molecule has 9 heteroatoms. The molecule has 3 heterocycles. The lowest BCUT2D eigenvalue weighted by Gasteiger charge is -2.09. The molecule has 1 aliphatic heterocycles. The molecule has 1 aliphatic rings. The summed E-state index contributed by atoms with van der Waals surface area (Å²) in [4.78, 5) is 29.3. The molecule has 0 saturated carbocycles. The van der Waals surface area contributed by atoms with Crippen molar-refractivity contribution < 1.29 is 9.59 Å². The summed E-state index contributed by atoms with van der Waals surface area (Å²) in [6.45, 7) is 1.85. The molecule has 0 spiro atoms. The van der Waals surface area contributed by atoms with Crippen molar-refractivity contribution in [3.05, 3.63) is 88.9 Å². The fourth-order valence-electron chi connectivity index (χ4n) is 4.03. The van der Waals surface area contributed by atoms with Crippen molar-refractivity contribution >= 4 is 35.2 Å². The zero-order valence-corrected chi connectivity index (χ0v) is 18.7. The zero-order chi connectivity index (χ0) is 23.7. The molecule has 0 aliphatic carbocycles. The van der Waals surface area contributed by atoms with E-state index in [-0.39, 0.29) is 11.8 Å². The third-order valence-electron chi connectivity index (χ3n) is 5.69. The second kappa shape index (κ2) is 8.78. The maximum absolute atomic E-state index is 12.5. The lowest BCUT2D eigenvalue weighted by atomic mass is 9.96. The van der Waals surface area contributed by atoms with E-state index in [2.05, 4.69) is 30.9 Å². The number of carbonyl (C=O) groups excluding carboxylic acids is 2. The maximum atomic E-state index is 12.5. The van der Waals surface area contributed by atoms with E-state index in [1.807, 2.05) is 49.4 Å².